The zero-order valence-electron chi connectivity index (χ0n) is 18.6. The van der Waals surface area contributed by atoms with Gasteiger partial charge in [-0.2, -0.15) is 0 Å². The average molecular weight is 489 g/mol. The minimum absolute atomic E-state index is 0.0268. The fraction of sp³-hybridized carbons (Fsp3) is 0.185. The van der Waals surface area contributed by atoms with Gasteiger partial charge in [0.05, 0.1) is 14.2 Å². The van der Waals surface area contributed by atoms with Gasteiger partial charge in [-0.05, 0) is 53.1 Å². The van der Waals surface area contributed by atoms with Crippen LogP contribution in [0.2, 0.25) is 0 Å². The van der Waals surface area contributed by atoms with Crippen molar-refractivity contribution in [3.63, 3.8) is 0 Å². The summed E-state index contributed by atoms with van der Waals surface area (Å²) in [6.07, 6.45) is 4.50. The van der Waals surface area contributed by atoms with E-state index in [-0.39, 0.29) is 5.92 Å². The average Bonchev–Trinajstić information content (AvgIpc) is 3.31. The Kier molecular flexibility index (Phi) is 5.22. The largest absolute Gasteiger partial charge is 0.493 e. The molecule has 2 heterocycles. The first kappa shape index (κ1) is 20.7. The van der Waals surface area contributed by atoms with Crippen molar-refractivity contribution >= 4 is 37.7 Å². The molecule has 0 aliphatic carbocycles. The molecule has 0 N–H and O–H groups in total. The van der Waals surface area contributed by atoms with E-state index in [4.69, 9.17) is 9.47 Å². The van der Waals surface area contributed by atoms with Crippen LogP contribution in [0.15, 0.2) is 77.5 Å². The maximum absolute atomic E-state index is 5.66. The Balaban J connectivity index is 1.84. The fourth-order valence-electron chi connectivity index (χ4n) is 4.79. The van der Waals surface area contributed by atoms with Gasteiger partial charge in [-0.3, -0.25) is 0 Å². The number of aromatic nitrogens is 2. The van der Waals surface area contributed by atoms with E-state index in [9.17, 15) is 0 Å². The number of ether oxygens (including phenoxy) is 2. The second kappa shape index (κ2) is 8.06. The summed E-state index contributed by atoms with van der Waals surface area (Å²) < 4.78 is 16.7. The number of fused-ring (bicyclic) bond motifs is 2. The lowest BCUT2D eigenvalue weighted by molar-refractivity contribution is 0.354. The molecule has 0 fully saturated rings. The zero-order valence-corrected chi connectivity index (χ0v) is 20.2. The first-order valence-corrected chi connectivity index (χ1v) is 11.3. The quantitative estimate of drug-likeness (QED) is 0.277. The van der Waals surface area contributed by atoms with E-state index < -0.39 is 0 Å². The minimum atomic E-state index is 0.0268. The first-order valence-electron chi connectivity index (χ1n) is 10.5. The van der Waals surface area contributed by atoms with Crippen LogP contribution in [0.3, 0.4) is 0 Å². The lowest BCUT2D eigenvalue weighted by atomic mass is 9.84. The monoisotopic (exact) mass is 488 g/mol. The molecule has 0 aliphatic heterocycles. The normalized spacial score (nSPS) is 12.4. The molecule has 2 aromatic heterocycles. The number of benzene rings is 3. The summed E-state index contributed by atoms with van der Waals surface area (Å²) in [5, 5.41) is 2.48. The number of halogens is 1. The third-order valence-corrected chi connectivity index (χ3v) is 6.77. The highest BCUT2D eigenvalue weighted by Crippen LogP contribution is 2.43. The van der Waals surface area contributed by atoms with Crippen LogP contribution >= 0.6 is 15.9 Å². The van der Waals surface area contributed by atoms with E-state index in [1.807, 2.05) is 6.07 Å². The predicted molar refractivity (Wildman–Crippen MR) is 134 cm³/mol. The Morgan fingerprint density at radius 1 is 0.719 bits per heavy atom. The summed E-state index contributed by atoms with van der Waals surface area (Å²) in [5.74, 6) is 1.49. The Bertz CT molecular complexity index is 1450. The van der Waals surface area contributed by atoms with Crippen LogP contribution in [0.5, 0.6) is 11.5 Å². The van der Waals surface area contributed by atoms with Gasteiger partial charge in [0.15, 0.2) is 11.5 Å². The smallest absolute Gasteiger partial charge is 0.161 e. The first-order chi connectivity index (χ1) is 15.5. The molecule has 1 unspecified atom stereocenters. The Hall–Kier alpha value is -3.18. The number of hydrogen-bond donors (Lipinski definition) is 0. The van der Waals surface area contributed by atoms with Crippen LogP contribution in [0, 0.1) is 0 Å². The number of methoxy groups -OCH3 is 2. The van der Waals surface area contributed by atoms with Crippen molar-refractivity contribution in [3.8, 4) is 11.5 Å². The molecule has 5 aromatic rings. The van der Waals surface area contributed by atoms with Crippen molar-refractivity contribution in [2.24, 2.45) is 14.1 Å². The Labute approximate surface area is 196 Å². The molecule has 0 bridgehead atoms. The Morgan fingerprint density at radius 2 is 1.38 bits per heavy atom. The van der Waals surface area contributed by atoms with Gasteiger partial charge in [0.25, 0.3) is 0 Å². The standard InChI is InChI=1S/C27H25BrN2O2/c1-29-15-21(19-7-5-6-8-23(19)29)27(17-9-12-25(31-3)26(13-17)32-4)22-16-30(2)24-11-10-18(28)14-20(22)24/h5-16,27H,1-4H3. The summed E-state index contributed by atoms with van der Waals surface area (Å²) in [4.78, 5) is 0. The van der Waals surface area contributed by atoms with Crippen molar-refractivity contribution in [1.29, 1.82) is 0 Å². The molecular weight excluding hydrogens is 464 g/mol. The van der Waals surface area contributed by atoms with Gasteiger partial charge in [0, 0.05) is 58.7 Å². The number of para-hydroxylation sites is 1. The van der Waals surface area contributed by atoms with Gasteiger partial charge in [-0.15, -0.1) is 0 Å². The van der Waals surface area contributed by atoms with Gasteiger partial charge < -0.3 is 18.6 Å². The van der Waals surface area contributed by atoms with E-state index in [0.717, 1.165) is 21.5 Å². The van der Waals surface area contributed by atoms with E-state index in [2.05, 4.69) is 106 Å². The molecule has 1 atom stereocenters. The molecule has 5 rings (SSSR count). The van der Waals surface area contributed by atoms with Crippen LogP contribution < -0.4 is 9.47 Å². The second-order valence-electron chi connectivity index (χ2n) is 8.12. The van der Waals surface area contributed by atoms with Crippen molar-refractivity contribution in [3.05, 3.63) is 94.2 Å². The van der Waals surface area contributed by atoms with E-state index in [1.54, 1.807) is 14.2 Å². The molecule has 5 heteroatoms. The molecule has 0 aliphatic rings. The molecule has 32 heavy (non-hydrogen) atoms. The number of rotatable bonds is 5. The van der Waals surface area contributed by atoms with Crippen molar-refractivity contribution in [2.45, 2.75) is 5.92 Å². The molecule has 0 saturated carbocycles. The van der Waals surface area contributed by atoms with E-state index in [0.29, 0.717) is 0 Å². The maximum atomic E-state index is 5.66. The molecule has 162 valence electrons. The number of hydrogen-bond acceptors (Lipinski definition) is 2. The van der Waals surface area contributed by atoms with Gasteiger partial charge in [-0.25, -0.2) is 0 Å². The van der Waals surface area contributed by atoms with Crippen molar-refractivity contribution in [2.75, 3.05) is 14.2 Å². The summed E-state index contributed by atoms with van der Waals surface area (Å²) in [6.45, 7) is 0. The molecular formula is C27H25BrN2O2. The summed E-state index contributed by atoms with van der Waals surface area (Å²) in [5.41, 5.74) is 6.10. The minimum Gasteiger partial charge on any atom is -0.493 e. The highest BCUT2D eigenvalue weighted by molar-refractivity contribution is 9.10. The lowest BCUT2D eigenvalue weighted by Crippen LogP contribution is -2.04. The van der Waals surface area contributed by atoms with Gasteiger partial charge in [0.2, 0.25) is 0 Å². The van der Waals surface area contributed by atoms with Crippen LogP contribution in [0.25, 0.3) is 21.8 Å². The SMILES string of the molecule is COc1ccc(C(c2cn(C)c3ccccc23)c2cn(C)c3ccc(Br)cc23)cc1OC. The lowest BCUT2D eigenvalue weighted by Gasteiger charge is -2.19. The van der Waals surface area contributed by atoms with Crippen LogP contribution in [0.1, 0.15) is 22.6 Å². The topological polar surface area (TPSA) is 28.3 Å². The van der Waals surface area contributed by atoms with E-state index in [1.165, 1.54) is 32.9 Å². The van der Waals surface area contributed by atoms with Crippen LogP contribution in [-0.4, -0.2) is 23.4 Å². The Morgan fingerprint density at radius 3 is 2.09 bits per heavy atom. The van der Waals surface area contributed by atoms with Gasteiger partial charge in [0.1, 0.15) is 0 Å². The molecule has 0 spiro atoms. The van der Waals surface area contributed by atoms with Gasteiger partial charge >= 0.3 is 0 Å². The maximum Gasteiger partial charge on any atom is 0.161 e. The third-order valence-electron chi connectivity index (χ3n) is 6.27. The molecule has 3 aromatic carbocycles. The number of nitrogens with zero attached hydrogens (tertiary/aromatic N) is 2. The summed E-state index contributed by atoms with van der Waals surface area (Å²) >= 11 is 3.67. The molecule has 0 amide bonds. The number of aryl methyl sites for hydroxylation is 2. The predicted octanol–water partition coefficient (Wildman–Crippen LogP) is 6.63. The van der Waals surface area contributed by atoms with Crippen LogP contribution in [0.4, 0.5) is 0 Å². The zero-order chi connectivity index (χ0) is 22.4. The second-order valence-corrected chi connectivity index (χ2v) is 9.03. The van der Waals surface area contributed by atoms with E-state index >= 15 is 0 Å². The summed E-state index contributed by atoms with van der Waals surface area (Å²) in [6, 6.07) is 21.3. The highest BCUT2D eigenvalue weighted by Gasteiger charge is 2.26. The highest BCUT2D eigenvalue weighted by atomic mass is 79.9. The fourth-order valence-corrected chi connectivity index (χ4v) is 5.15. The molecule has 0 saturated heterocycles. The third kappa shape index (κ3) is 3.28. The summed E-state index contributed by atoms with van der Waals surface area (Å²) in [7, 11) is 7.57. The van der Waals surface area contributed by atoms with Crippen molar-refractivity contribution < 1.29 is 9.47 Å². The molecule has 4 nitrogen and oxygen atoms in total. The van der Waals surface area contributed by atoms with Gasteiger partial charge in [-0.1, -0.05) is 40.2 Å². The van der Waals surface area contributed by atoms with Crippen molar-refractivity contribution in [1.82, 2.24) is 9.13 Å². The molecule has 0 radical (unpaired) electrons. The van der Waals surface area contributed by atoms with Crippen LogP contribution in [-0.2, 0) is 14.1 Å².